The molecule has 1 radical (unpaired) electrons. The fourth-order valence-electron chi connectivity index (χ4n) is 1.19. The number of hydrogen-bond donors (Lipinski definition) is 0. The van der Waals surface area contributed by atoms with Gasteiger partial charge in [-0.25, -0.2) is 0 Å². The normalized spacial score (nSPS) is 12.8. The van der Waals surface area contributed by atoms with Gasteiger partial charge in [-0.3, -0.25) is 0 Å². The summed E-state index contributed by atoms with van der Waals surface area (Å²) < 4.78 is 5.03. The Bertz CT molecular complexity index is 206. The number of benzene rings is 1. The Morgan fingerprint density at radius 3 is 2.67 bits per heavy atom. The second kappa shape index (κ2) is 4.94. The minimum atomic E-state index is 0.583. The molecular weight excluding hydrogens is 148 g/mol. The molecule has 0 saturated heterocycles. The Kier molecular flexibility index (Phi) is 3.81. The first-order chi connectivity index (χ1) is 5.84. The van der Waals surface area contributed by atoms with Gasteiger partial charge in [0.25, 0.3) is 0 Å². The van der Waals surface area contributed by atoms with Crippen molar-refractivity contribution in [2.24, 2.45) is 0 Å². The van der Waals surface area contributed by atoms with Crippen molar-refractivity contribution in [2.45, 2.75) is 19.3 Å². The van der Waals surface area contributed by atoms with Crippen LogP contribution in [0.15, 0.2) is 24.3 Å². The molecule has 1 unspecified atom stereocenters. The number of hydrogen-bond acceptors (Lipinski definition) is 1. The summed E-state index contributed by atoms with van der Waals surface area (Å²) in [6, 6.07) is 11.1. The standard InChI is InChI=1S/C11H15O/c1-10(8-9-12-2)11-6-4-3-5-7-11/h4-7,10H,8-9H2,1-2H3. The molecule has 1 atom stereocenters. The van der Waals surface area contributed by atoms with Crippen LogP contribution in [-0.4, -0.2) is 13.7 Å². The highest BCUT2D eigenvalue weighted by atomic mass is 16.5. The van der Waals surface area contributed by atoms with E-state index in [1.54, 1.807) is 7.11 Å². The Labute approximate surface area is 74.4 Å². The average molecular weight is 163 g/mol. The van der Waals surface area contributed by atoms with Gasteiger partial charge in [0.05, 0.1) is 0 Å². The van der Waals surface area contributed by atoms with E-state index in [0.29, 0.717) is 5.92 Å². The minimum Gasteiger partial charge on any atom is -0.385 e. The molecule has 1 aromatic rings. The summed E-state index contributed by atoms with van der Waals surface area (Å²) >= 11 is 0. The molecule has 1 nitrogen and oxygen atoms in total. The van der Waals surface area contributed by atoms with E-state index in [2.05, 4.69) is 25.1 Å². The highest BCUT2D eigenvalue weighted by Crippen LogP contribution is 2.17. The van der Waals surface area contributed by atoms with Gasteiger partial charge in [-0.15, -0.1) is 0 Å². The van der Waals surface area contributed by atoms with Gasteiger partial charge in [-0.2, -0.15) is 0 Å². The first-order valence-corrected chi connectivity index (χ1v) is 4.29. The van der Waals surface area contributed by atoms with Crippen LogP contribution in [0.1, 0.15) is 24.8 Å². The van der Waals surface area contributed by atoms with Crippen molar-refractivity contribution in [2.75, 3.05) is 13.7 Å². The molecule has 0 N–H and O–H groups in total. The first kappa shape index (κ1) is 9.27. The predicted molar refractivity (Wildman–Crippen MR) is 50.2 cm³/mol. The van der Waals surface area contributed by atoms with Gasteiger partial charge < -0.3 is 4.74 Å². The summed E-state index contributed by atoms with van der Waals surface area (Å²) in [4.78, 5) is 0. The molecule has 0 aliphatic carbocycles. The van der Waals surface area contributed by atoms with E-state index in [9.17, 15) is 0 Å². The van der Waals surface area contributed by atoms with Crippen LogP contribution in [0, 0.1) is 6.07 Å². The molecule has 12 heavy (non-hydrogen) atoms. The minimum absolute atomic E-state index is 0.583. The predicted octanol–water partition coefficient (Wildman–Crippen LogP) is 2.63. The zero-order valence-corrected chi connectivity index (χ0v) is 7.71. The summed E-state index contributed by atoms with van der Waals surface area (Å²) in [7, 11) is 1.74. The highest BCUT2D eigenvalue weighted by Gasteiger charge is 2.02. The lowest BCUT2D eigenvalue weighted by Gasteiger charge is -2.10. The molecule has 1 rings (SSSR count). The fourth-order valence-corrected chi connectivity index (χ4v) is 1.19. The van der Waals surface area contributed by atoms with Gasteiger partial charge in [0, 0.05) is 13.7 Å². The van der Waals surface area contributed by atoms with Crippen molar-refractivity contribution < 1.29 is 4.74 Å². The quantitative estimate of drug-likeness (QED) is 0.663. The van der Waals surface area contributed by atoms with Crippen molar-refractivity contribution in [3.8, 4) is 0 Å². The maximum absolute atomic E-state index is 5.03. The van der Waals surface area contributed by atoms with Crippen molar-refractivity contribution in [3.05, 3.63) is 35.9 Å². The van der Waals surface area contributed by atoms with Crippen molar-refractivity contribution in [1.29, 1.82) is 0 Å². The Balaban J connectivity index is 2.48. The highest BCUT2D eigenvalue weighted by molar-refractivity contribution is 5.17. The summed E-state index contributed by atoms with van der Waals surface area (Å²) in [6.45, 7) is 3.05. The monoisotopic (exact) mass is 163 g/mol. The van der Waals surface area contributed by atoms with Gasteiger partial charge in [0.1, 0.15) is 0 Å². The van der Waals surface area contributed by atoms with E-state index >= 15 is 0 Å². The van der Waals surface area contributed by atoms with Gasteiger partial charge in [0.15, 0.2) is 0 Å². The zero-order chi connectivity index (χ0) is 8.81. The number of methoxy groups -OCH3 is 1. The van der Waals surface area contributed by atoms with Crippen molar-refractivity contribution in [3.63, 3.8) is 0 Å². The Morgan fingerprint density at radius 2 is 2.08 bits per heavy atom. The lowest BCUT2D eigenvalue weighted by atomic mass is 9.98. The van der Waals surface area contributed by atoms with E-state index in [1.807, 2.05) is 12.1 Å². The van der Waals surface area contributed by atoms with E-state index in [0.717, 1.165) is 13.0 Å². The van der Waals surface area contributed by atoms with Gasteiger partial charge in [-0.1, -0.05) is 31.2 Å². The lowest BCUT2D eigenvalue weighted by Crippen LogP contribution is -1.98. The van der Waals surface area contributed by atoms with Crippen LogP contribution in [0.5, 0.6) is 0 Å². The van der Waals surface area contributed by atoms with Crippen LogP contribution < -0.4 is 0 Å². The zero-order valence-electron chi connectivity index (χ0n) is 7.71. The smallest absolute Gasteiger partial charge is 0.0467 e. The number of rotatable bonds is 4. The maximum Gasteiger partial charge on any atom is 0.0467 e. The molecule has 0 fully saturated rings. The third-order valence-corrected chi connectivity index (χ3v) is 2.07. The average Bonchev–Trinajstić information content (AvgIpc) is 2.15. The molecule has 0 amide bonds. The van der Waals surface area contributed by atoms with E-state index in [1.165, 1.54) is 5.56 Å². The summed E-state index contributed by atoms with van der Waals surface area (Å²) in [5, 5.41) is 0. The molecule has 1 heteroatoms. The molecule has 0 aliphatic rings. The third kappa shape index (κ3) is 2.67. The molecule has 1 aromatic carbocycles. The molecule has 0 heterocycles. The number of ether oxygens (including phenoxy) is 1. The van der Waals surface area contributed by atoms with Crippen LogP contribution in [-0.2, 0) is 4.74 Å². The Morgan fingerprint density at radius 1 is 1.42 bits per heavy atom. The largest absolute Gasteiger partial charge is 0.385 e. The summed E-state index contributed by atoms with van der Waals surface area (Å²) in [6.07, 6.45) is 1.08. The summed E-state index contributed by atoms with van der Waals surface area (Å²) in [5.41, 5.74) is 1.37. The molecule has 0 saturated carbocycles. The fraction of sp³-hybridized carbons (Fsp3) is 0.455. The summed E-state index contributed by atoms with van der Waals surface area (Å²) in [5.74, 6) is 0.583. The van der Waals surface area contributed by atoms with E-state index < -0.39 is 0 Å². The van der Waals surface area contributed by atoms with Crippen LogP contribution >= 0.6 is 0 Å². The van der Waals surface area contributed by atoms with Crippen molar-refractivity contribution in [1.82, 2.24) is 0 Å². The first-order valence-electron chi connectivity index (χ1n) is 4.29. The topological polar surface area (TPSA) is 9.23 Å². The SMILES string of the molecule is COCCC(C)c1cc[c]cc1. The van der Waals surface area contributed by atoms with Crippen LogP contribution in [0.25, 0.3) is 0 Å². The lowest BCUT2D eigenvalue weighted by molar-refractivity contribution is 0.189. The van der Waals surface area contributed by atoms with Gasteiger partial charge in [0.2, 0.25) is 0 Å². The van der Waals surface area contributed by atoms with Gasteiger partial charge >= 0.3 is 0 Å². The maximum atomic E-state index is 5.03. The van der Waals surface area contributed by atoms with Gasteiger partial charge in [-0.05, 0) is 24.0 Å². The second-order valence-electron chi connectivity index (χ2n) is 3.02. The van der Waals surface area contributed by atoms with E-state index in [-0.39, 0.29) is 0 Å². The second-order valence-corrected chi connectivity index (χ2v) is 3.02. The van der Waals surface area contributed by atoms with E-state index in [4.69, 9.17) is 4.74 Å². The third-order valence-electron chi connectivity index (χ3n) is 2.07. The molecule has 0 aliphatic heterocycles. The van der Waals surface area contributed by atoms with Crippen molar-refractivity contribution >= 4 is 0 Å². The van der Waals surface area contributed by atoms with Crippen LogP contribution in [0.4, 0.5) is 0 Å². The van der Waals surface area contributed by atoms with Crippen LogP contribution in [0.3, 0.4) is 0 Å². The molecule has 0 spiro atoms. The molecule has 0 aromatic heterocycles. The molecular formula is C11H15O. The molecule has 0 bridgehead atoms. The Hall–Kier alpha value is -0.820. The molecule has 65 valence electrons. The van der Waals surface area contributed by atoms with Crippen LogP contribution in [0.2, 0.25) is 0 Å².